The van der Waals surface area contributed by atoms with Crippen LogP contribution in [-0.2, 0) is 17.4 Å². The summed E-state index contributed by atoms with van der Waals surface area (Å²) in [5.74, 6) is 0. The van der Waals surface area contributed by atoms with Crippen molar-refractivity contribution in [3.05, 3.63) is 43.2 Å². The molecular weight excluding hydrogens is 371 g/mol. The van der Waals surface area contributed by atoms with Crippen molar-refractivity contribution in [1.29, 1.82) is 0 Å². The fraction of sp³-hybridized carbons (Fsp3) is 0.571. The van der Waals surface area contributed by atoms with Crippen LogP contribution in [0.25, 0.3) is 0 Å². The summed E-state index contributed by atoms with van der Waals surface area (Å²) in [6, 6.07) is 0. The van der Waals surface area contributed by atoms with E-state index in [1.54, 1.807) is 22.7 Å². The summed E-state index contributed by atoms with van der Waals surface area (Å²) in [5, 5.41) is 0. The third-order valence-corrected chi connectivity index (χ3v) is 9.51. The van der Waals surface area contributed by atoms with Crippen LogP contribution in [-0.4, -0.2) is 3.81 Å². The molecule has 0 nitrogen and oxygen atoms in total. The molecule has 134 valence electrons. The van der Waals surface area contributed by atoms with Gasteiger partial charge in [-0.05, 0) is 0 Å². The van der Waals surface area contributed by atoms with E-state index >= 15 is 0 Å². The van der Waals surface area contributed by atoms with Crippen LogP contribution in [0.3, 0.4) is 0 Å². The van der Waals surface area contributed by atoms with Gasteiger partial charge in [0, 0.05) is 0 Å². The molecule has 0 saturated heterocycles. The Balaban J connectivity index is 0.00000264. The number of halogens is 2. The van der Waals surface area contributed by atoms with E-state index in [2.05, 4.69) is 79.7 Å². The zero-order chi connectivity index (χ0) is 16.7. The van der Waals surface area contributed by atoms with Gasteiger partial charge in [-0.2, -0.15) is 0 Å². The second-order valence-electron chi connectivity index (χ2n) is 8.87. The maximum absolute atomic E-state index is 2.41. The Labute approximate surface area is 167 Å². The van der Waals surface area contributed by atoms with Crippen molar-refractivity contribution in [3.8, 4) is 0 Å². The Hall–Kier alpha value is 0.124. The SMILES string of the molecule is C[C](C)=[Ti+2]([C]1=C(C(C)(C)C)C=CC1)[C]1=C(C(C)(C)C)C=CC1.[Cl-].[Cl-]. The van der Waals surface area contributed by atoms with E-state index in [0.717, 1.165) is 0 Å². The Morgan fingerprint density at radius 1 is 0.750 bits per heavy atom. The first kappa shape index (κ1) is 24.1. The fourth-order valence-electron chi connectivity index (χ4n) is 3.67. The van der Waals surface area contributed by atoms with Gasteiger partial charge in [0.05, 0.1) is 0 Å². The zero-order valence-corrected chi connectivity index (χ0v) is 19.6. The normalized spacial score (nSPS) is 16.8. The molecule has 0 heterocycles. The Morgan fingerprint density at radius 3 is 1.33 bits per heavy atom. The third kappa shape index (κ3) is 5.07. The van der Waals surface area contributed by atoms with Gasteiger partial charge in [0.2, 0.25) is 0 Å². The van der Waals surface area contributed by atoms with Crippen molar-refractivity contribution in [3.63, 3.8) is 0 Å². The summed E-state index contributed by atoms with van der Waals surface area (Å²) in [5.41, 5.74) is 3.78. The van der Waals surface area contributed by atoms with Gasteiger partial charge in [-0.15, -0.1) is 0 Å². The van der Waals surface area contributed by atoms with Crippen LogP contribution < -0.4 is 24.8 Å². The molecule has 0 aromatic carbocycles. The van der Waals surface area contributed by atoms with E-state index in [1.807, 2.05) is 0 Å². The molecule has 0 amide bonds. The van der Waals surface area contributed by atoms with Crippen molar-refractivity contribution >= 4 is 3.81 Å². The van der Waals surface area contributed by atoms with Gasteiger partial charge in [0.25, 0.3) is 0 Å². The molecule has 0 N–H and O–H groups in total. The molecule has 2 aliphatic rings. The van der Waals surface area contributed by atoms with E-state index in [1.165, 1.54) is 12.8 Å². The molecule has 0 unspecified atom stereocenters. The van der Waals surface area contributed by atoms with Crippen molar-refractivity contribution in [2.24, 2.45) is 10.8 Å². The minimum Gasteiger partial charge on any atom is -1.00 e. The quantitative estimate of drug-likeness (QED) is 0.584. The predicted molar refractivity (Wildman–Crippen MR) is 96.8 cm³/mol. The Bertz CT molecular complexity index is 576. The fourth-order valence-corrected chi connectivity index (χ4v) is 9.41. The van der Waals surface area contributed by atoms with Crippen LogP contribution >= 0.6 is 0 Å². The first-order chi connectivity index (χ1) is 10.0. The average molecular weight is 403 g/mol. The molecule has 2 rings (SSSR count). The summed E-state index contributed by atoms with van der Waals surface area (Å²) in [7, 11) is 0. The van der Waals surface area contributed by atoms with Crippen LogP contribution in [0.2, 0.25) is 0 Å². The second-order valence-corrected chi connectivity index (χ2v) is 13.5. The number of rotatable bonds is 2. The van der Waals surface area contributed by atoms with E-state index in [9.17, 15) is 0 Å². The van der Waals surface area contributed by atoms with Gasteiger partial charge in [0.1, 0.15) is 0 Å². The monoisotopic (exact) mass is 402 g/mol. The minimum absolute atomic E-state index is 0. The van der Waals surface area contributed by atoms with E-state index in [-0.39, 0.29) is 35.6 Å². The molecule has 0 spiro atoms. The van der Waals surface area contributed by atoms with Crippen LogP contribution in [0.15, 0.2) is 43.2 Å². The Kier molecular flexibility index (Phi) is 8.72. The molecule has 2 aliphatic carbocycles. The summed E-state index contributed by atoms with van der Waals surface area (Å²) in [4.78, 5) is 0. The van der Waals surface area contributed by atoms with E-state index < -0.39 is 17.4 Å². The van der Waals surface area contributed by atoms with Crippen molar-refractivity contribution in [1.82, 2.24) is 0 Å². The average Bonchev–Trinajstić information content (AvgIpc) is 2.95. The van der Waals surface area contributed by atoms with Crippen LogP contribution in [0.1, 0.15) is 68.2 Å². The maximum atomic E-state index is 2.41. The summed E-state index contributed by atoms with van der Waals surface area (Å²) < 4.78 is 5.29. The summed E-state index contributed by atoms with van der Waals surface area (Å²) in [6.45, 7) is 19.0. The second kappa shape index (κ2) is 8.67. The molecule has 0 saturated carbocycles. The van der Waals surface area contributed by atoms with Crippen LogP contribution in [0, 0.1) is 10.8 Å². The summed E-state index contributed by atoms with van der Waals surface area (Å²) in [6.07, 6.45) is 12.0. The minimum atomic E-state index is -1.51. The first-order valence-corrected chi connectivity index (χ1v) is 10.9. The topological polar surface area (TPSA) is 0 Å². The summed E-state index contributed by atoms with van der Waals surface area (Å²) >= 11 is -1.51. The van der Waals surface area contributed by atoms with Crippen LogP contribution in [0.4, 0.5) is 0 Å². The smallest absolute Gasteiger partial charge is 1.00 e. The molecular formula is C21H32Cl2Ti. The predicted octanol–water partition coefficient (Wildman–Crippen LogP) is 0.345. The van der Waals surface area contributed by atoms with Gasteiger partial charge in [-0.3, -0.25) is 0 Å². The molecule has 0 bridgehead atoms. The van der Waals surface area contributed by atoms with Crippen LogP contribution in [0.5, 0.6) is 0 Å². The van der Waals surface area contributed by atoms with Gasteiger partial charge >= 0.3 is 143 Å². The van der Waals surface area contributed by atoms with Crippen molar-refractivity contribution in [2.75, 3.05) is 0 Å². The standard InChI is InChI=1S/2C9H13.C3H6.2ClH.Ti/c2*1-9(2,3)8-6-4-5-7-8;1-3-2;;;/h2*4,6H,5H2,1-3H3;1-2H3;2*1H;/q;;;;;+2/p-2. The van der Waals surface area contributed by atoms with Crippen molar-refractivity contribution < 1.29 is 42.2 Å². The third-order valence-electron chi connectivity index (χ3n) is 4.58. The van der Waals surface area contributed by atoms with E-state index in [0.29, 0.717) is 0 Å². The molecule has 0 fully saturated rings. The van der Waals surface area contributed by atoms with Crippen molar-refractivity contribution in [2.45, 2.75) is 68.2 Å². The maximum Gasteiger partial charge on any atom is -1.00 e. The molecule has 0 aromatic heterocycles. The zero-order valence-electron chi connectivity index (χ0n) is 16.5. The molecule has 0 aromatic rings. The van der Waals surface area contributed by atoms with Gasteiger partial charge < -0.3 is 24.8 Å². The number of allylic oxidation sites excluding steroid dienone is 8. The largest absolute Gasteiger partial charge is 1.00 e. The molecule has 3 heteroatoms. The van der Waals surface area contributed by atoms with E-state index in [4.69, 9.17) is 0 Å². The molecule has 0 atom stereocenters. The van der Waals surface area contributed by atoms with Gasteiger partial charge in [-0.25, -0.2) is 0 Å². The molecule has 0 aliphatic heterocycles. The molecule has 24 heavy (non-hydrogen) atoms. The molecule has 0 radical (unpaired) electrons. The van der Waals surface area contributed by atoms with Gasteiger partial charge in [-0.1, -0.05) is 0 Å². The number of hydrogen-bond acceptors (Lipinski definition) is 0. The Morgan fingerprint density at radius 2 is 1.08 bits per heavy atom. The first-order valence-electron chi connectivity index (χ1n) is 8.52. The number of hydrogen-bond donors (Lipinski definition) is 0. The van der Waals surface area contributed by atoms with Gasteiger partial charge in [0.15, 0.2) is 0 Å².